The van der Waals surface area contributed by atoms with Gasteiger partial charge in [-0.05, 0) is 0 Å². The van der Waals surface area contributed by atoms with Crippen LogP contribution >= 0.6 is 10.6 Å². The van der Waals surface area contributed by atoms with E-state index in [1.807, 2.05) is 0 Å². The summed E-state index contributed by atoms with van der Waals surface area (Å²) < 4.78 is 0. The first-order valence-corrected chi connectivity index (χ1v) is 1.52. The molecule has 0 rings (SSSR count). The van der Waals surface area contributed by atoms with E-state index < -0.39 is 0 Å². The van der Waals surface area contributed by atoms with Gasteiger partial charge in [0.05, 0.1) is 0 Å². The van der Waals surface area contributed by atoms with Crippen molar-refractivity contribution in [3.8, 4) is 0 Å². The predicted octanol–water partition coefficient (Wildman–Crippen LogP) is 0.641. The fourth-order valence-corrected chi connectivity index (χ4v) is 0. The summed E-state index contributed by atoms with van der Waals surface area (Å²) in [5.41, 5.74) is 0. The molecule has 37 valence electrons. The molecule has 0 aliphatic rings. The van der Waals surface area contributed by atoms with E-state index in [1.165, 1.54) is 0 Å². The fourth-order valence-electron chi connectivity index (χ4n) is 0. The van der Waals surface area contributed by atoms with Crippen LogP contribution in [0.3, 0.4) is 0 Å². The number of rotatable bonds is 0. The zero-order valence-electron chi connectivity index (χ0n) is 1.34. The zero-order valence-corrected chi connectivity index (χ0v) is 5.09. The summed E-state index contributed by atoms with van der Waals surface area (Å²) in [6.45, 7) is 0. The Morgan fingerprint density at radius 2 is 1.25 bits per heavy atom. The van der Waals surface area contributed by atoms with Crippen molar-refractivity contribution in [2.75, 3.05) is 0 Å². The van der Waals surface area contributed by atoms with Crippen molar-refractivity contribution in [2.45, 2.75) is 0 Å². The van der Waals surface area contributed by atoms with Gasteiger partial charge in [-0.15, -0.1) is 0 Å². The molecule has 0 aliphatic carbocycles. The van der Waals surface area contributed by atoms with Crippen LogP contribution in [-0.4, -0.2) is 0 Å². The van der Waals surface area contributed by atoms with Gasteiger partial charge in [-0.3, -0.25) is 0 Å². The third-order valence-corrected chi connectivity index (χ3v) is 0. The van der Waals surface area contributed by atoms with Crippen molar-refractivity contribution in [2.24, 2.45) is 0 Å². The molecule has 0 saturated carbocycles. The third-order valence-electron chi connectivity index (χ3n) is 0. The molecule has 0 bridgehead atoms. The van der Waals surface area contributed by atoms with Gasteiger partial charge in [-0.2, -0.15) is 0 Å². The van der Waals surface area contributed by atoms with Gasteiger partial charge >= 0.3 is 24.9 Å². The van der Waals surface area contributed by atoms with Gasteiger partial charge in [0.15, 0.2) is 0 Å². The molecule has 0 aromatic rings. The van der Waals surface area contributed by atoms with Crippen molar-refractivity contribution in [1.82, 2.24) is 0 Å². The zero-order chi connectivity index (χ0) is 2.00. The van der Waals surface area contributed by atoms with E-state index in [0.717, 1.165) is 0 Å². The average molecular weight is 218 g/mol. The first-order valence-electron chi connectivity index (χ1n) is 0.123. The molecule has 0 aliphatic heterocycles. The monoisotopic (exact) mass is 217 g/mol. The Hall–Kier alpha value is 1.77. The van der Waals surface area contributed by atoms with Crippen molar-refractivity contribution in [3.05, 3.63) is 0 Å². The van der Waals surface area contributed by atoms with E-state index in [1.54, 1.807) is 0 Å². The third kappa shape index (κ3) is 9.24. The quantitative estimate of drug-likeness (QED) is 0.538. The minimum absolute atomic E-state index is 0. The first-order chi connectivity index (χ1) is 1.00. The van der Waals surface area contributed by atoms with E-state index in [9.17, 15) is 0 Å². The fraction of sp³-hybridized carbons (Fsp3) is 0. The molecule has 0 amide bonds. The van der Waals surface area contributed by atoms with Crippen LogP contribution in [0.25, 0.3) is 0 Å². The van der Waals surface area contributed by atoms with Gasteiger partial charge < -0.3 is 0 Å². The van der Waals surface area contributed by atoms with Crippen LogP contribution in [0.15, 0.2) is 0 Å². The summed E-state index contributed by atoms with van der Waals surface area (Å²) in [5.74, 6) is 0. The Balaban J connectivity index is -0.00000000500. The maximum absolute atomic E-state index is 3.77. The van der Waals surface area contributed by atoms with Gasteiger partial charge in [-0.1, -0.05) is 0 Å². The molecule has 4 heteroatoms. The van der Waals surface area contributed by atoms with Crippen molar-refractivity contribution in [1.29, 1.82) is 0 Å². The Morgan fingerprint density at radius 3 is 1.25 bits per heavy atom. The molecule has 0 unspecified atom stereocenters. The summed E-state index contributed by atoms with van der Waals surface area (Å²) in [4.78, 5) is 0. The maximum atomic E-state index is 3.77. The Kier molecular flexibility index (Phi) is 92.8. The van der Waals surface area contributed by atoms with Crippen LogP contribution in [0.4, 0.5) is 0 Å². The van der Waals surface area contributed by atoms with Crippen molar-refractivity contribution < 1.29 is 48.2 Å². The molecule has 0 atom stereocenters. The normalized spacial score (nSPS) is 1.50. The molecule has 4 heavy (non-hydrogen) atoms. The van der Waals surface area contributed by atoms with Gasteiger partial charge in [0.1, 0.15) is 0 Å². The molecule has 0 aromatic heterocycles. The van der Waals surface area contributed by atoms with Crippen LogP contribution < -0.4 is 0 Å². The van der Waals surface area contributed by atoms with Gasteiger partial charge in [0.2, 0.25) is 0 Å². The summed E-state index contributed by atoms with van der Waals surface area (Å²) in [6.07, 6.45) is 0. The van der Waals surface area contributed by atoms with Gasteiger partial charge in [0.25, 0.3) is 0 Å². The molecule has 0 fully saturated rings. The summed E-state index contributed by atoms with van der Waals surface area (Å²) in [6, 6.07) is 0. The molecule has 0 saturated heterocycles. The Labute approximate surface area is 58.4 Å². The topological polar surface area (TPSA) is 0 Å². The van der Waals surface area contributed by atoms with E-state index in [2.05, 4.69) is 24.9 Å². The van der Waals surface area contributed by atoms with E-state index in [0.29, 0.717) is 0 Å². The van der Waals surface area contributed by atoms with Crippen molar-refractivity contribution >= 4 is 10.6 Å². The predicted molar refractivity (Wildman–Crippen MR) is 7.59 cm³/mol. The number of hydrogen-bond acceptors (Lipinski definition) is 1. The average Bonchev–Trinajstić information content (AvgIpc) is 1.00. The Bertz CT molecular complexity index is 6.00. The van der Waals surface area contributed by atoms with E-state index in [4.69, 9.17) is 0 Å². The number of hydrogen-bond donors (Lipinski definition) is 0. The summed E-state index contributed by atoms with van der Waals surface area (Å²) in [5, 5.41) is 0. The Morgan fingerprint density at radius 1 is 1.25 bits per heavy atom. The second-order valence-corrected chi connectivity index (χ2v) is 0. The van der Waals surface area contributed by atoms with Gasteiger partial charge in [0, 0.05) is 33.8 Å². The van der Waals surface area contributed by atoms with Crippen LogP contribution in [-0.2, 0) is 48.2 Å². The van der Waals surface area contributed by atoms with Crippen LogP contribution in [0.2, 0.25) is 0 Å². The molecule has 0 nitrogen and oxygen atoms in total. The minimum atomic E-state index is 0. The first kappa shape index (κ1) is 17.1. The molecule has 0 heterocycles. The van der Waals surface area contributed by atoms with Crippen LogP contribution in [0.5, 0.6) is 0 Å². The molecule has 0 N–H and O–H groups in total. The van der Waals surface area contributed by atoms with Gasteiger partial charge in [-0.25, -0.2) is 0 Å². The second-order valence-electron chi connectivity index (χ2n) is 0. The molecular formula is CoCu2S. The summed E-state index contributed by atoms with van der Waals surface area (Å²) in [7, 11) is 3.65. The van der Waals surface area contributed by atoms with Crippen LogP contribution in [0.1, 0.15) is 0 Å². The second kappa shape index (κ2) is 21.7. The molecule has 0 spiro atoms. The SMILES string of the molecule is [Co].[Cu].[S]=[Cu]. The van der Waals surface area contributed by atoms with Crippen molar-refractivity contribution in [3.63, 3.8) is 0 Å². The van der Waals surface area contributed by atoms with Crippen LogP contribution in [0, 0.1) is 0 Å². The van der Waals surface area contributed by atoms with E-state index >= 15 is 0 Å². The molecule has 0 aromatic carbocycles. The molecule has 2 radical (unpaired) electrons. The standard InChI is InChI=1S/Co.2Cu.S. The molecular weight excluding hydrogens is 218 g/mol. The van der Waals surface area contributed by atoms with E-state index in [-0.39, 0.29) is 33.8 Å². The summed E-state index contributed by atoms with van der Waals surface area (Å²) >= 11 is 3.77.